The monoisotopic (exact) mass is 302 g/mol. The smallest absolute Gasteiger partial charge is 0.370 e. The predicted molar refractivity (Wildman–Crippen MR) is 78.5 cm³/mol. The number of benzene rings is 1. The van der Waals surface area contributed by atoms with Gasteiger partial charge in [-0.15, -0.1) is 0 Å². The predicted octanol–water partition coefficient (Wildman–Crippen LogP) is 4.15. The van der Waals surface area contributed by atoms with Gasteiger partial charge in [0.15, 0.2) is 0 Å². The van der Waals surface area contributed by atoms with Gasteiger partial charge in [0.05, 0.1) is 16.9 Å². The Kier molecular flexibility index (Phi) is 5.63. The second-order valence-electron chi connectivity index (χ2n) is 5.05. The van der Waals surface area contributed by atoms with Crippen molar-refractivity contribution in [2.24, 2.45) is 5.92 Å². The number of nitrogens with one attached hydrogen (secondary N) is 1. The summed E-state index contributed by atoms with van der Waals surface area (Å²) in [7, 11) is 0. The maximum absolute atomic E-state index is 12.8. The number of carbonyl (C=O) groups excluding carboxylic acids is 1. The molecule has 0 aliphatic rings. The molecule has 0 spiro atoms. The highest BCUT2D eigenvalue weighted by molar-refractivity contribution is 5.95. The number of rotatable bonds is 5. The normalized spacial score (nSPS) is 11.6. The highest BCUT2D eigenvalue weighted by Crippen LogP contribution is 2.35. The van der Waals surface area contributed by atoms with Gasteiger partial charge in [0.1, 0.15) is 0 Å². The van der Waals surface area contributed by atoms with Gasteiger partial charge in [0.25, 0.3) is 0 Å². The van der Waals surface area contributed by atoms with E-state index in [4.69, 9.17) is 0 Å². The van der Waals surface area contributed by atoms with Crippen LogP contribution in [-0.2, 0) is 11.0 Å². The van der Waals surface area contributed by atoms with Gasteiger partial charge in [0.2, 0.25) is 5.91 Å². The van der Waals surface area contributed by atoms with Crippen molar-refractivity contribution in [2.45, 2.75) is 33.9 Å². The largest absolute Gasteiger partial charge is 0.416 e. The quantitative estimate of drug-likeness (QED) is 0.886. The molecule has 0 unspecified atom stereocenters. The van der Waals surface area contributed by atoms with Crippen LogP contribution in [0.3, 0.4) is 0 Å². The summed E-state index contributed by atoms with van der Waals surface area (Å²) in [6.45, 7) is 8.50. The third-order valence-electron chi connectivity index (χ3n) is 3.21. The first-order chi connectivity index (χ1) is 9.70. The lowest BCUT2D eigenvalue weighted by Crippen LogP contribution is -2.25. The van der Waals surface area contributed by atoms with E-state index in [0.717, 1.165) is 12.1 Å². The molecule has 0 saturated carbocycles. The van der Waals surface area contributed by atoms with Gasteiger partial charge in [-0.25, -0.2) is 0 Å². The van der Waals surface area contributed by atoms with E-state index in [-0.39, 0.29) is 17.5 Å². The fourth-order valence-electron chi connectivity index (χ4n) is 1.93. The van der Waals surface area contributed by atoms with E-state index < -0.39 is 11.7 Å². The Labute approximate surface area is 123 Å². The minimum Gasteiger partial charge on any atom is -0.370 e. The summed E-state index contributed by atoms with van der Waals surface area (Å²) in [5.74, 6) is -0.605. The zero-order chi connectivity index (χ0) is 16.2. The number of nitrogens with zero attached hydrogens (tertiary/aromatic N) is 1. The Morgan fingerprint density at radius 3 is 2.24 bits per heavy atom. The maximum Gasteiger partial charge on any atom is 0.416 e. The van der Waals surface area contributed by atoms with Crippen LogP contribution >= 0.6 is 0 Å². The number of hydrogen-bond acceptors (Lipinski definition) is 2. The van der Waals surface area contributed by atoms with E-state index in [2.05, 4.69) is 5.32 Å². The molecule has 0 saturated heterocycles. The molecule has 0 aliphatic carbocycles. The first-order valence-corrected chi connectivity index (χ1v) is 6.97. The van der Waals surface area contributed by atoms with Crippen LogP contribution in [0.1, 0.15) is 33.3 Å². The van der Waals surface area contributed by atoms with Crippen LogP contribution in [-0.4, -0.2) is 19.0 Å². The third-order valence-corrected chi connectivity index (χ3v) is 3.21. The van der Waals surface area contributed by atoms with Gasteiger partial charge in [-0.05, 0) is 32.0 Å². The lowest BCUT2D eigenvalue weighted by atomic mass is 10.1. The molecule has 1 aromatic carbocycles. The standard InChI is InChI=1S/C15H21F3N2O/c1-5-20(6-2)13-8-7-11(15(16,17)18)9-12(13)19-14(21)10(3)4/h7-10H,5-6H2,1-4H3,(H,19,21). The summed E-state index contributed by atoms with van der Waals surface area (Å²) in [6.07, 6.45) is -4.43. The fraction of sp³-hybridized carbons (Fsp3) is 0.533. The van der Waals surface area contributed by atoms with Crippen LogP contribution in [0, 0.1) is 5.92 Å². The number of halogens is 3. The van der Waals surface area contributed by atoms with Gasteiger partial charge in [-0.1, -0.05) is 13.8 Å². The topological polar surface area (TPSA) is 32.3 Å². The number of hydrogen-bond donors (Lipinski definition) is 1. The summed E-state index contributed by atoms with van der Waals surface area (Å²) in [5.41, 5.74) is 0.0340. The van der Waals surface area contributed by atoms with E-state index in [1.807, 2.05) is 18.7 Å². The lowest BCUT2D eigenvalue weighted by Gasteiger charge is -2.25. The van der Waals surface area contributed by atoms with E-state index in [0.29, 0.717) is 18.8 Å². The van der Waals surface area contributed by atoms with Crippen molar-refractivity contribution in [3.8, 4) is 0 Å². The molecular weight excluding hydrogens is 281 g/mol. The molecule has 1 N–H and O–H groups in total. The van der Waals surface area contributed by atoms with Crippen LogP contribution in [0.4, 0.5) is 24.5 Å². The average Bonchev–Trinajstić information content (AvgIpc) is 2.40. The van der Waals surface area contributed by atoms with Crippen LogP contribution < -0.4 is 10.2 Å². The average molecular weight is 302 g/mol. The van der Waals surface area contributed by atoms with Gasteiger partial charge >= 0.3 is 6.18 Å². The van der Waals surface area contributed by atoms with Crippen LogP contribution in [0.2, 0.25) is 0 Å². The summed E-state index contributed by atoms with van der Waals surface area (Å²) in [5, 5.41) is 2.59. The molecule has 3 nitrogen and oxygen atoms in total. The van der Waals surface area contributed by atoms with E-state index in [1.54, 1.807) is 13.8 Å². The molecule has 0 aromatic heterocycles. The second kappa shape index (κ2) is 6.83. The molecule has 0 bridgehead atoms. The van der Waals surface area contributed by atoms with Crippen molar-refractivity contribution in [2.75, 3.05) is 23.3 Å². The second-order valence-corrected chi connectivity index (χ2v) is 5.05. The SMILES string of the molecule is CCN(CC)c1ccc(C(F)(F)F)cc1NC(=O)C(C)C. The van der Waals surface area contributed by atoms with Gasteiger partial charge in [-0.2, -0.15) is 13.2 Å². The van der Waals surface area contributed by atoms with Crippen molar-refractivity contribution < 1.29 is 18.0 Å². The molecule has 0 fully saturated rings. The molecule has 21 heavy (non-hydrogen) atoms. The Bertz CT molecular complexity index is 494. The molecule has 118 valence electrons. The van der Waals surface area contributed by atoms with Gasteiger partial charge in [-0.3, -0.25) is 4.79 Å². The maximum atomic E-state index is 12.8. The molecule has 1 aromatic rings. The minimum absolute atomic E-state index is 0.201. The first-order valence-electron chi connectivity index (χ1n) is 6.97. The molecule has 0 aliphatic heterocycles. The first kappa shape index (κ1) is 17.3. The summed E-state index contributed by atoms with van der Waals surface area (Å²) < 4.78 is 38.5. The Balaban J connectivity index is 3.27. The highest BCUT2D eigenvalue weighted by Gasteiger charge is 2.31. The molecular formula is C15H21F3N2O. The Morgan fingerprint density at radius 2 is 1.81 bits per heavy atom. The van der Waals surface area contributed by atoms with Crippen molar-refractivity contribution >= 4 is 17.3 Å². The van der Waals surface area contributed by atoms with Gasteiger partial charge in [0, 0.05) is 19.0 Å². The third kappa shape index (κ3) is 4.37. The van der Waals surface area contributed by atoms with E-state index in [1.165, 1.54) is 6.07 Å². The van der Waals surface area contributed by atoms with Crippen LogP contribution in [0.5, 0.6) is 0 Å². The number of anilines is 2. The Hall–Kier alpha value is -1.72. The van der Waals surface area contributed by atoms with E-state index in [9.17, 15) is 18.0 Å². The van der Waals surface area contributed by atoms with Crippen LogP contribution in [0.25, 0.3) is 0 Å². The number of carbonyl (C=O) groups is 1. The van der Waals surface area contributed by atoms with Crippen molar-refractivity contribution in [3.05, 3.63) is 23.8 Å². The molecule has 0 atom stereocenters. The summed E-state index contributed by atoms with van der Waals surface area (Å²) in [6, 6.07) is 3.44. The van der Waals surface area contributed by atoms with Crippen molar-refractivity contribution in [1.29, 1.82) is 0 Å². The number of amides is 1. The van der Waals surface area contributed by atoms with Gasteiger partial charge < -0.3 is 10.2 Å². The molecule has 6 heteroatoms. The summed E-state index contributed by atoms with van der Waals surface area (Å²) >= 11 is 0. The zero-order valence-electron chi connectivity index (χ0n) is 12.7. The van der Waals surface area contributed by atoms with Crippen molar-refractivity contribution in [3.63, 3.8) is 0 Å². The fourth-order valence-corrected chi connectivity index (χ4v) is 1.93. The molecule has 0 heterocycles. The zero-order valence-corrected chi connectivity index (χ0v) is 12.7. The molecule has 0 radical (unpaired) electrons. The Morgan fingerprint density at radius 1 is 1.24 bits per heavy atom. The molecule has 1 amide bonds. The van der Waals surface area contributed by atoms with Crippen LogP contribution in [0.15, 0.2) is 18.2 Å². The van der Waals surface area contributed by atoms with Crippen molar-refractivity contribution in [1.82, 2.24) is 0 Å². The minimum atomic E-state index is -4.43. The summed E-state index contributed by atoms with van der Waals surface area (Å²) in [4.78, 5) is 13.7. The molecule has 1 rings (SSSR count). The highest BCUT2D eigenvalue weighted by atomic mass is 19.4. The number of alkyl halides is 3. The van der Waals surface area contributed by atoms with E-state index >= 15 is 0 Å². The lowest BCUT2D eigenvalue weighted by molar-refractivity contribution is -0.137.